The number of nitrogens with one attached hydrogen (secondary N) is 1. The van der Waals surface area contributed by atoms with Gasteiger partial charge in [0.2, 0.25) is 0 Å². The molecule has 0 aliphatic heterocycles. The summed E-state index contributed by atoms with van der Waals surface area (Å²) in [5, 5.41) is 12.2. The zero-order valence-electron chi connectivity index (χ0n) is 22.4. The van der Waals surface area contributed by atoms with Crippen molar-refractivity contribution in [1.82, 2.24) is 4.90 Å². The standard InChI is InChI=1S/C29H42N2O6/c1-4-6-7-8-9-10-19-31(29(34)30-24-13-17-25(35-3)18-14-24)20-21-37-26-15-11-23(12-16-26)22-27(28(32)33)36-5-2/h11-18,27H,4-10,19-22H2,1-3H3,(H,30,34)(H,32,33). The number of urea groups is 1. The summed E-state index contributed by atoms with van der Waals surface area (Å²) >= 11 is 0. The van der Waals surface area contributed by atoms with Crippen LogP contribution < -0.4 is 14.8 Å². The SMILES string of the molecule is CCCCCCCCN(CCOc1ccc(CC(OCC)C(=O)O)cc1)C(=O)Nc1ccc(OC)cc1. The van der Waals surface area contributed by atoms with E-state index in [1.54, 1.807) is 18.9 Å². The molecular formula is C29H42N2O6. The molecule has 0 bridgehead atoms. The quantitative estimate of drug-likeness (QED) is 0.237. The lowest BCUT2D eigenvalue weighted by Crippen LogP contribution is -2.38. The number of unbranched alkanes of at least 4 members (excludes halogenated alkanes) is 5. The molecule has 2 rings (SSSR count). The molecule has 37 heavy (non-hydrogen) atoms. The minimum absolute atomic E-state index is 0.159. The van der Waals surface area contributed by atoms with Gasteiger partial charge < -0.3 is 29.5 Å². The zero-order valence-corrected chi connectivity index (χ0v) is 22.4. The summed E-state index contributed by atoms with van der Waals surface area (Å²) in [6, 6.07) is 14.4. The van der Waals surface area contributed by atoms with Crippen LogP contribution in [0.15, 0.2) is 48.5 Å². The fourth-order valence-corrected chi connectivity index (χ4v) is 3.90. The van der Waals surface area contributed by atoms with E-state index in [9.17, 15) is 14.7 Å². The highest BCUT2D eigenvalue weighted by molar-refractivity contribution is 5.89. The number of hydrogen-bond donors (Lipinski definition) is 2. The second-order valence-corrected chi connectivity index (χ2v) is 8.89. The maximum atomic E-state index is 13.0. The molecule has 2 aromatic rings. The van der Waals surface area contributed by atoms with E-state index in [0.717, 1.165) is 24.2 Å². The van der Waals surface area contributed by atoms with Crippen molar-refractivity contribution in [2.45, 2.75) is 64.9 Å². The highest BCUT2D eigenvalue weighted by Crippen LogP contribution is 2.17. The number of benzene rings is 2. The number of carbonyl (C=O) groups is 2. The first-order valence-corrected chi connectivity index (χ1v) is 13.2. The molecule has 0 saturated carbocycles. The third-order valence-corrected chi connectivity index (χ3v) is 6.03. The molecule has 8 nitrogen and oxygen atoms in total. The van der Waals surface area contributed by atoms with Gasteiger partial charge in [-0.25, -0.2) is 9.59 Å². The average molecular weight is 515 g/mol. The number of nitrogens with zero attached hydrogens (tertiary/aromatic N) is 1. The molecular weight excluding hydrogens is 472 g/mol. The number of anilines is 1. The second kappa shape index (κ2) is 17.2. The summed E-state index contributed by atoms with van der Waals surface area (Å²) in [7, 11) is 1.61. The lowest BCUT2D eigenvalue weighted by Gasteiger charge is -2.23. The maximum Gasteiger partial charge on any atom is 0.333 e. The van der Waals surface area contributed by atoms with Gasteiger partial charge in [-0.3, -0.25) is 0 Å². The van der Waals surface area contributed by atoms with Crippen molar-refractivity contribution in [2.75, 3.05) is 38.7 Å². The van der Waals surface area contributed by atoms with Crippen LogP contribution in [0.1, 0.15) is 57.9 Å². The molecule has 0 fully saturated rings. The molecule has 0 heterocycles. The predicted molar refractivity (Wildman–Crippen MR) is 146 cm³/mol. The minimum atomic E-state index is -0.972. The van der Waals surface area contributed by atoms with Crippen LogP contribution in [-0.4, -0.2) is 61.5 Å². The lowest BCUT2D eigenvalue weighted by molar-refractivity contribution is -0.149. The van der Waals surface area contributed by atoms with E-state index in [-0.39, 0.29) is 6.03 Å². The Morgan fingerprint density at radius 1 is 0.892 bits per heavy atom. The molecule has 0 aromatic heterocycles. The van der Waals surface area contributed by atoms with Crippen LogP contribution in [0.4, 0.5) is 10.5 Å². The molecule has 0 aliphatic carbocycles. The fraction of sp³-hybridized carbons (Fsp3) is 0.517. The number of carboxylic acids is 1. The number of hydrogen-bond acceptors (Lipinski definition) is 5. The van der Waals surface area contributed by atoms with Gasteiger partial charge >= 0.3 is 12.0 Å². The van der Waals surface area contributed by atoms with Crippen molar-refractivity contribution < 1.29 is 28.9 Å². The van der Waals surface area contributed by atoms with Gasteiger partial charge in [-0.05, 0) is 55.3 Å². The Kier molecular flexibility index (Phi) is 14.0. The molecule has 1 unspecified atom stereocenters. The van der Waals surface area contributed by atoms with Crippen molar-refractivity contribution >= 4 is 17.7 Å². The predicted octanol–water partition coefficient (Wildman–Crippen LogP) is 6.00. The molecule has 1 atom stereocenters. The molecule has 0 aliphatic rings. The summed E-state index contributed by atoms with van der Waals surface area (Å²) in [5.41, 5.74) is 1.57. The van der Waals surface area contributed by atoms with Crippen LogP contribution in [-0.2, 0) is 16.0 Å². The van der Waals surface area contributed by atoms with Crippen LogP contribution >= 0.6 is 0 Å². The molecule has 204 valence electrons. The summed E-state index contributed by atoms with van der Waals surface area (Å²) in [6.45, 7) is 5.78. The fourth-order valence-electron chi connectivity index (χ4n) is 3.90. The molecule has 0 saturated heterocycles. The van der Waals surface area contributed by atoms with Crippen molar-refractivity contribution in [3.05, 3.63) is 54.1 Å². The molecule has 0 spiro atoms. The highest BCUT2D eigenvalue weighted by atomic mass is 16.5. The van der Waals surface area contributed by atoms with Crippen molar-refractivity contribution in [3.8, 4) is 11.5 Å². The van der Waals surface area contributed by atoms with E-state index in [0.29, 0.717) is 44.2 Å². The maximum absolute atomic E-state index is 13.0. The van der Waals surface area contributed by atoms with Gasteiger partial charge in [0.05, 0.1) is 13.7 Å². The van der Waals surface area contributed by atoms with Gasteiger partial charge in [-0.1, -0.05) is 51.2 Å². The zero-order chi connectivity index (χ0) is 26.9. The van der Waals surface area contributed by atoms with Crippen LogP contribution in [0.5, 0.6) is 11.5 Å². The van der Waals surface area contributed by atoms with Gasteiger partial charge in [0.15, 0.2) is 6.10 Å². The topological polar surface area (TPSA) is 97.3 Å². The van der Waals surface area contributed by atoms with Crippen LogP contribution in [0, 0.1) is 0 Å². The molecule has 2 aromatic carbocycles. The number of carboxylic acid groups (broad SMARTS) is 1. The smallest absolute Gasteiger partial charge is 0.333 e. The number of rotatable bonds is 18. The van der Waals surface area contributed by atoms with Crippen molar-refractivity contribution in [3.63, 3.8) is 0 Å². The van der Waals surface area contributed by atoms with Gasteiger partial charge in [0.25, 0.3) is 0 Å². The monoisotopic (exact) mass is 514 g/mol. The van der Waals surface area contributed by atoms with E-state index < -0.39 is 12.1 Å². The minimum Gasteiger partial charge on any atom is -0.497 e. The van der Waals surface area contributed by atoms with Crippen molar-refractivity contribution in [1.29, 1.82) is 0 Å². The van der Waals surface area contributed by atoms with Crippen LogP contribution in [0.3, 0.4) is 0 Å². The van der Waals surface area contributed by atoms with Crippen LogP contribution in [0.2, 0.25) is 0 Å². The lowest BCUT2D eigenvalue weighted by atomic mass is 10.1. The number of methoxy groups -OCH3 is 1. The first-order valence-electron chi connectivity index (χ1n) is 13.2. The molecule has 8 heteroatoms. The Bertz CT molecular complexity index is 917. The Morgan fingerprint density at radius 2 is 1.54 bits per heavy atom. The third-order valence-electron chi connectivity index (χ3n) is 6.03. The van der Waals surface area contributed by atoms with Gasteiger partial charge in [-0.2, -0.15) is 0 Å². The van der Waals surface area contributed by atoms with E-state index in [2.05, 4.69) is 12.2 Å². The first kappa shape index (κ1) is 30.0. The summed E-state index contributed by atoms with van der Waals surface area (Å²) in [6.07, 6.45) is 6.32. The molecule has 0 radical (unpaired) electrons. The van der Waals surface area contributed by atoms with Gasteiger partial charge in [-0.15, -0.1) is 0 Å². The van der Waals surface area contributed by atoms with E-state index in [1.807, 2.05) is 48.5 Å². The van der Waals surface area contributed by atoms with E-state index in [1.165, 1.54) is 25.7 Å². The average Bonchev–Trinajstić information content (AvgIpc) is 2.90. The van der Waals surface area contributed by atoms with Gasteiger partial charge in [0, 0.05) is 25.3 Å². The normalized spacial score (nSPS) is 11.5. The number of amides is 2. The Hall–Kier alpha value is -3.26. The summed E-state index contributed by atoms with van der Waals surface area (Å²) in [5.74, 6) is 0.431. The molecule has 2 N–H and O–H groups in total. The summed E-state index contributed by atoms with van der Waals surface area (Å²) < 4.78 is 16.4. The number of ether oxygens (including phenoxy) is 3. The third kappa shape index (κ3) is 11.6. The number of aliphatic carboxylic acids is 1. The molecule has 2 amide bonds. The highest BCUT2D eigenvalue weighted by Gasteiger charge is 2.18. The first-order chi connectivity index (χ1) is 18.0. The van der Waals surface area contributed by atoms with E-state index in [4.69, 9.17) is 14.2 Å². The Balaban J connectivity index is 1.90. The Labute approximate surface area is 220 Å². The second-order valence-electron chi connectivity index (χ2n) is 8.89. The summed E-state index contributed by atoms with van der Waals surface area (Å²) in [4.78, 5) is 26.1. The van der Waals surface area contributed by atoms with Crippen LogP contribution in [0.25, 0.3) is 0 Å². The Morgan fingerprint density at radius 3 is 2.16 bits per heavy atom. The van der Waals surface area contributed by atoms with Crippen molar-refractivity contribution in [2.24, 2.45) is 0 Å². The van der Waals surface area contributed by atoms with E-state index >= 15 is 0 Å². The van der Waals surface area contributed by atoms with Gasteiger partial charge in [0.1, 0.15) is 18.1 Å². The number of carbonyl (C=O) groups excluding carboxylic acids is 1. The largest absolute Gasteiger partial charge is 0.497 e.